The third kappa shape index (κ3) is 6.53. The minimum atomic E-state index is -5.64. The highest BCUT2D eigenvalue weighted by molar-refractivity contribution is 14.1. The molecule has 0 aliphatic rings. The van der Waals surface area contributed by atoms with E-state index in [-0.39, 0.29) is 5.56 Å². The van der Waals surface area contributed by atoms with Crippen molar-refractivity contribution in [3.63, 3.8) is 0 Å². The first kappa shape index (κ1) is 23.5. The van der Waals surface area contributed by atoms with Crippen molar-refractivity contribution >= 4 is 50.4 Å². The SMILES string of the molecule is CN(C(=O)OC(C)(C)C)c1ccc(C(=O)NCC(F)(F)S(=O)(=O)O)cc1I. The number of hydrogen-bond donors (Lipinski definition) is 2. The van der Waals surface area contributed by atoms with Gasteiger partial charge in [-0.1, -0.05) is 0 Å². The van der Waals surface area contributed by atoms with Crippen LogP contribution >= 0.6 is 22.6 Å². The van der Waals surface area contributed by atoms with Crippen LogP contribution in [0.4, 0.5) is 19.3 Å². The van der Waals surface area contributed by atoms with E-state index in [0.29, 0.717) is 9.26 Å². The predicted molar refractivity (Wildman–Crippen MR) is 103 cm³/mol. The summed E-state index contributed by atoms with van der Waals surface area (Å²) in [7, 11) is -4.17. The molecule has 0 spiro atoms. The van der Waals surface area contributed by atoms with Gasteiger partial charge in [-0.25, -0.2) is 4.79 Å². The van der Waals surface area contributed by atoms with Crippen molar-refractivity contribution in [1.82, 2.24) is 5.32 Å². The van der Waals surface area contributed by atoms with Crippen molar-refractivity contribution < 1.29 is 36.1 Å². The molecule has 0 atom stereocenters. The Kier molecular flexibility index (Phi) is 7.16. The van der Waals surface area contributed by atoms with Crippen LogP contribution in [-0.4, -0.2) is 49.4 Å². The van der Waals surface area contributed by atoms with Gasteiger partial charge in [0.25, 0.3) is 5.91 Å². The largest absolute Gasteiger partial charge is 0.443 e. The summed E-state index contributed by atoms with van der Waals surface area (Å²) in [5, 5.41) is -2.77. The minimum Gasteiger partial charge on any atom is -0.443 e. The van der Waals surface area contributed by atoms with E-state index in [1.54, 1.807) is 26.1 Å². The number of hydrogen-bond acceptors (Lipinski definition) is 5. The zero-order valence-electron chi connectivity index (χ0n) is 14.9. The summed E-state index contributed by atoms with van der Waals surface area (Å²) in [6.07, 6.45) is -0.620. The summed E-state index contributed by atoms with van der Waals surface area (Å²) in [6.45, 7) is 3.54. The molecule has 2 N–H and O–H groups in total. The molecule has 0 bridgehead atoms. The number of carbonyl (C=O) groups excluding carboxylic acids is 2. The zero-order chi connectivity index (χ0) is 21.2. The van der Waals surface area contributed by atoms with Crippen molar-refractivity contribution in [1.29, 1.82) is 0 Å². The van der Waals surface area contributed by atoms with Crippen molar-refractivity contribution in [2.75, 3.05) is 18.5 Å². The normalized spacial score (nSPS) is 12.4. The quantitative estimate of drug-likeness (QED) is 0.456. The van der Waals surface area contributed by atoms with E-state index in [2.05, 4.69) is 0 Å². The number of nitrogens with one attached hydrogen (secondary N) is 1. The molecule has 27 heavy (non-hydrogen) atoms. The van der Waals surface area contributed by atoms with Gasteiger partial charge in [0, 0.05) is 16.2 Å². The molecule has 1 rings (SSSR count). The summed E-state index contributed by atoms with van der Waals surface area (Å²) < 4.78 is 61.5. The molecular formula is C15H19F2IN2O6S. The highest BCUT2D eigenvalue weighted by atomic mass is 127. The van der Waals surface area contributed by atoms with E-state index in [9.17, 15) is 26.8 Å². The summed E-state index contributed by atoms with van der Waals surface area (Å²) in [4.78, 5) is 25.3. The third-order valence-corrected chi connectivity index (χ3v) is 4.83. The van der Waals surface area contributed by atoms with E-state index in [1.165, 1.54) is 30.1 Å². The number of nitrogens with zero attached hydrogens (tertiary/aromatic N) is 1. The maximum atomic E-state index is 13.2. The first-order valence-corrected chi connectivity index (χ1v) is 9.96. The van der Waals surface area contributed by atoms with Crippen LogP contribution in [0.15, 0.2) is 18.2 Å². The van der Waals surface area contributed by atoms with Gasteiger partial charge in [-0.05, 0) is 61.6 Å². The highest BCUT2D eigenvalue weighted by Crippen LogP contribution is 2.25. The molecule has 8 nitrogen and oxygen atoms in total. The molecule has 0 radical (unpaired) electrons. The van der Waals surface area contributed by atoms with E-state index in [1.807, 2.05) is 22.6 Å². The van der Waals surface area contributed by atoms with Crippen LogP contribution < -0.4 is 10.2 Å². The Hall–Kier alpha value is -1.54. The van der Waals surface area contributed by atoms with Gasteiger partial charge < -0.3 is 10.1 Å². The van der Waals surface area contributed by atoms with Crippen molar-refractivity contribution in [3.05, 3.63) is 27.3 Å². The van der Waals surface area contributed by atoms with Gasteiger partial charge >= 0.3 is 21.5 Å². The Bertz CT molecular complexity index is 839. The van der Waals surface area contributed by atoms with Crippen LogP contribution in [0.3, 0.4) is 0 Å². The Labute approximate surface area is 169 Å². The van der Waals surface area contributed by atoms with E-state index >= 15 is 0 Å². The van der Waals surface area contributed by atoms with Gasteiger partial charge in [-0.15, -0.1) is 0 Å². The minimum absolute atomic E-state index is 0.0353. The Morgan fingerprint density at radius 1 is 1.30 bits per heavy atom. The molecule has 0 saturated heterocycles. The molecule has 1 aromatic carbocycles. The molecule has 0 fully saturated rings. The topological polar surface area (TPSA) is 113 Å². The number of alkyl halides is 2. The molecular weight excluding hydrogens is 501 g/mol. The Morgan fingerprint density at radius 2 is 1.85 bits per heavy atom. The average molecular weight is 520 g/mol. The first-order chi connectivity index (χ1) is 12.0. The highest BCUT2D eigenvalue weighted by Gasteiger charge is 2.44. The fraction of sp³-hybridized carbons (Fsp3) is 0.467. The fourth-order valence-corrected chi connectivity index (χ4v) is 2.86. The van der Waals surface area contributed by atoms with Crippen LogP contribution in [0.25, 0.3) is 0 Å². The molecule has 152 valence electrons. The first-order valence-electron chi connectivity index (χ1n) is 7.44. The number of rotatable bonds is 5. The smallest absolute Gasteiger partial charge is 0.414 e. The van der Waals surface area contributed by atoms with Crippen LogP contribution in [-0.2, 0) is 14.9 Å². The van der Waals surface area contributed by atoms with Crippen molar-refractivity contribution in [2.24, 2.45) is 0 Å². The number of amides is 2. The second kappa shape index (κ2) is 8.22. The van der Waals surface area contributed by atoms with E-state index < -0.39 is 39.5 Å². The second-order valence-electron chi connectivity index (χ2n) is 6.50. The lowest BCUT2D eigenvalue weighted by Crippen LogP contribution is -2.42. The lowest BCUT2D eigenvalue weighted by molar-refractivity contribution is 0.0589. The zero-order valence-corrected chi connectivity index (χ0v) is 17.9. The number of carbonyl (C=O) groups is 2. The number of ether oxygens (including phenoxy) is 1. The molecule has 2 amide bonds. The van der Waals surface area contributed by atoms with E-state index in [4.69, 9.17) is 9.29 Å². The molecule has 1 aromatic rings. The standard InChI is InChI=1S/C15H19F2IN2O6S/c1-14(2,3)26-13(22)20(4)11-6-5-9(7-10(11)18)12(21)19-8-15(16,17)27(23,24)25/h5-7H,8H2,1-4H3,(H,19,21)(H,23,24,25). The van der Waals surface area contributed by atoms with Crippen molar-refractivity contribution in [3.8, 4) is 0 Å². The van der Waals surface area contributed by atoms with Gasteiger partial charge in [0.05, 0.1) is 12.2 Å². The Balaban J connectivity index is 2.92. The number of anilines is 1. The van der Waals surface area contributed by atoms with Gasteiger partial charge in [0.1, 0.15) is 5.60 Å². The lowest BCUT2D eigenvalue weighted by atomic mass is 10.2. The molecule has 0 unspecified atom stereocenters. The summed E-state index contributed by atoms with van der Waals surface area (Å²) in [5.74, 6) is -0.970. The van der Waals surface area contributed by atoms with Gasteiger partial charge in [-0.2, -0.15) is 17.2 Å². The maximum Gasteiger partial charge on any atom is 0.414 e. The fourth-order valence-electron chi connectivity index (χ4n) is 1.73. The van der Waals surface area contributed by atoms with Crippen LogP contribution in [0, 0.1) is 3.57 Å². The van der Waals surface area contributed by atoms with Crippen LogP contribution in [0.5, 0.6) is 0 Å². The average Bonchev–Trinajstić information content (AvgIpc) is 2.49. The monoisotopic (exact) mass is 520 g/mol. The molecule has 0 aliphatic heterocycles. The Morgan fingerprint density at radius 3 is 2.30 bits per heavy atom. The molecule has 0 aromatic heterocycles. The van der Waals surface area contributed by atoms with Gasteiger partial charge in [-0.3, -0.25) is 14.2 Å². The maximum absolute atomic E-state index is 13.2. The van der Waals surface area contributed by atoms with Gasteiger partial charge in [0.15, 0.2) is 0 Å². The summed E-state index contributed by atoms with van der Waals surface area (Å²) >= 11 is 1.85. The van der Waals surface area contributed by atoms with Crippen LogP contribution in [0.1, 0.15) is 31.1 Å². The molecule has 0 heterocycles. The summed E-state index contributed by atoms with van der Waals surface area (Å²) in [5.41, 5.74) is -0.314. The molecule has 0 aliphatic carbocycles. The predicted octanol–water partition coefficient (Wildman–Crippen LogP) is 2.87. The molecule has 0 saturated carbocycles. The second-order valence-corrected chi connectivity index (χ2v) is 9.21. The lowest BCUT2D eigenvalue weighted by Gasteiger charge is -2.25. The molecule has 12 heteroatoms. The van der Waals surface area contributed by atoms with Gasteiger partial charge in [0.2, 0.25) is 0 Å². The number of benzene rings is 1. The van der Waals surface area contributed by atoms with E-state index in [0.717, 1.165) is 0 Å². The van der Waals surface area contributed by atoms with Crippen molar-refractivity contribution in [2.45, 2.75) is 31.6 Å². The van der Waals surface area contributed by atoms with Crippen LogP contribution in [0.2, 0.25) is 0 Å². The number of halogens is 3. The summed E-state index contributed by atoms with van der Waals surface area (Å²) in [6, 6.07) is 4.03. The third-order valence-electron chi connectivity index (χ3n) is 3.07.